The predicted molar refractivity (Wildman–Crippen MR) is 245 cm³/mol. The molecule has 2 fully saturated rings. The topological polar surface area (TPSA) is 216 Å². The van der Waals surface area contributed by atoms with Gasteiger partial charge in [0.1, 0.15) is 17.3 Å². The standard InChI is InChI=1S/C23H28N8O2S.C16H22N8.2H2S/c1-14(2)31-24-13-20(29-31)26-23-27-21(25-16(4)17-7-8-17)19-11-12-30(22(19)28-23)34(32,33)18-9-5-15(3)6-10-18;1-9(2)24-18-8-13(23-24)20-16-21-14-12(6-7-17-14)15(22-16)19-10(3)11-4-5-11;;/h5-6,9-14,16-17H,7-8H2,1-4H3,(H2,25,26,27,28,29);6-11H,4-5H2,1-3H3,(H3,17,19,20,21,22,23);2*1H2/t16-;10-;;/m00../s1. The summed E-state index contributed by atoms with van der Waals surface area (Å²) in [6.45, 7) is 14.3. The van der Waals surface area contributed by atoms with Crippen LogP contribution >= 0.6 is 27.0 Å². The van der Waals surface area contributed by atoms with E-state index in [4.69, 9.17) is 0 Å². The van der Waals surface area contributed by atoms with Gasteiger partial charge in [-0.25, -0.2) is 12.4 Å². The van der Waals surface area contributed by atoms with Gasteiger partial charge in [-0.15, -0.1) is 10.2 Å². The molecule has 0 saturated heterocycles. The molecule has 21 heteroatoms. The van der Waals surface area contributed by atoms with E-state index in [1.54, 1.807) is 52.3 Å². The zero-order chi connectivity index (χ0) is 40.7. The van der Waals surface area contributed by atoms with Crippen LogP contribution in [0.4, 0.5) is 35.2 Å². The second-order valence-corrected chi connectivity index (χ2v) is 17.6. The van der Waals surface area contributed by atoms with Crippen molar-refractivity contribution < 1.29 is 8.42 Å². The zero-order valence-corrected chi connectivity index (χ0v) is 37.5. The Morgan fingerprint density at radius 2 is 1.20 bits per heavy atom. The molecular formula is C39H54N16O2S3. The van der Waals surface area contributed by atoms with Crippen molar-refractivity contribution in [1.82, 2.24) is 58.9 Å². The summed E-state index contributed by atoms with van der Waals surface area (Å²) < 4.78 is 28.1. The van der Waals surface area contributed by atoms with E-state index in [-0.39, 0.29) is 56.0 Å². The van der Waals surface area contributed by atoms with Crippen molar-refractivity contribution in [3.63, 3.8) is 0 Å². The van der Waals surface area contributed by atoms with Crippen molar-refractivity contribution in [3.05, 3.63) is 66.7 Å². The van der Waals surface area contributed by atoms with E-state index in [0.29, 0.717) is 46.4 Å². The Morgan fingerprint density at radius 3 is 1.70 bits per heavy atom. The van der Waals surface area contributed by atoms with Crippen LogP contribution in [0, 0.1) is 18.8 Å². The minimum atomic E-state index is -3.85. The van der Waals surface area contributed by atoms with Crippen LogP contribution < -0.4 is 21.3 Å². The maximum Gasteiger partial charge on any atom is 0.269 e. The second kappa shape index (κ2) is 18.1. The number of nitrogens with zero attached hydrogens (tertiary/aromatic N) is 11. The van der Waals surface area contributed by atoms with E-state index in [0.717, 1.165) is 28.3 Å². The van der Waals surface area contributed by atoms with E-state index in [9.17, 15) is 8.42 Å². The highest BCUT2D eigenvalue weighted by atomic mass is 32.2. The van der Waals surface area contributed by atoms with Crippen LogP contribution in [0.25, 0.3) is 22.1 Å². The average Bonchev–Trinajstić information content (AvgIpc) is 3.99. The summed E-state index contributed by atoms with van der Waals surface area (Å²) >= 11 is 0. The molecule has 0 aliphatic heterocycles. The summed E-state index contributed by atoms with van der Waals surface area (Å²) in [5.41, 5.74) is 2.08. The van der Waals surface area contributed by atoms with Gasteiger partial charge in [0.25, 0.3) is 10.0 Å². The first-order chi connectivity index (χ1) is 27.8. The maximum absolute atomic E-state index is 13.5. The Balaban J connectivity index is 0.000000205. The van der Waals surface area contributed by atoms with Crippen LogP contribution in [0.15, 0.2) is 66.1 Å². The largest absolute Gasteiger partial charge is 0.367 e. The van der Waals surface area contributed by atoms with Crippen LogP contribution in [0.2, 0.25) is 0 Å². The molecule has 2 atom stereocenters. The van der Waals surface area contributed by atoms with Gasteiger partial charge in [0.05, 0.1) is 40.1 Å². The summed E-state index contributed by atoms with van der Waals surface area (Å²) in [6.07, 6.45) is 11.6. The van der Waals surface area contributed by atoms with Crippen LogP contribution in [0.5, 0.6) is 0 Å². The molecule has 0 spiro atoms. The lowest BCUT2D eigenvalue weighted by atomic mass is 10.2. The number of hydrogen-bond donors (Lipinski definition) is 5. The summed E-state index contributed by atoms with van der Waals surface area (Å²) in [5, 5.41) is 32.1. The summed E-state index contributed by atoms with van der Waals surface area (Å²) in [6, 6.07) is 11.4. The van der Waals surface area contributed by atoms with Gasteiger partial charge in [-0.1, -0.05) is 17.7 Å². The van der Waals surface area contributed by atoms with Gasteiger partial charge in [-0.2, -0.15) is 66.7 Å². The fourth-order valence-electron chi connectivity index (χ4n) is 6.54. The highest BCUT2D eigenvalue weighted by Gasteiger charge is 2.30. The number of benzene rings is 1. The minimum absolute atomic E-state index is 0. The number of hydrogen-bond acceptors (Lipinski definition) is 14. The quantitative estimate of drug-likeness (QED) is 0.0719. The van der Waals surface area contributed by atoms with Crippen molar-refractivity contribution in [3.8, 4) is 0 Å². The molecule has 9 rings (SSSR count). The SMILES string of the molecule is CC(C)n1ncc(Nc2nc(N[C@@H](C)C3CC3)c3cc[nH]c3n2)n1.Cc1ccc(S(=O)(=O)n2ccc3c(N[C@@H](C)C4CC4)nc(Nc4cnn(C(C)C)n4)nc32)cc1.S.S. The molecule has 5 N–H and O–H groups in total. The lowest BCUT2D eigenvalue weighted by molar-refractivity contribution is 0.467. The lowest BCUT2D eigenvalue weighted by Crippen LogP contribution is -2.19. The Hall–Kier alpha value is -5.41. The monoisotopic (exact) mass is 874 g/mol. The predicted octanol–water partition coefficient (Wildman–Crippen LogP) is 7.41. The third-order valence-electron chi connectivity index (χ3n) is 10.3. The summed E-state index contributed by atoms with van der Waals surface area (Å²) in [7, 11) is -3.85. The van der Waals surface area contributed by atoms with E-state index < -0.39 is 10.0 Å². The molecule has 0 radical (unpaired) electrons. The molecule has 2 aliphatic carbocycles. The Kier molecular flexibility index (Phi) is 13.3. The molecule has 320 valence electrons. The fraction of sp³-hybridized carbons (Fsp3) is 0.436. The van der Waals surface area contributed by atoms with Gasteiger partial charge in [0.15, 0.2) is 17.3 Å². The lowest BCUT2D eigenvalue weighted by Gasteiger charge is -2.16. The number of aromatic nitrogens is 12. The van der Waals surface area contributed by atoms with Gasteiger partial charge in [-0.3, -0.25) is 0 Å². The average molecular weight is 875 g/mol. The third-order valence-corrected chi connectivity index (χ3v) is 12.0. The third kappa shape index (κ3) is 9.79. The molecule has 2 saturated carbocycles. The van der Waals surface area contributed by atoms with E-state index in [1.165, 1.54) is 35.9 Å². The van der Waals surface area contributed by atoms with E-state index in [2.05, 4.69) is 80.4 Å². The molecular weight excluding hydrogens is 821 g/mol. The second-order valence-electron chi connectivity index (χ2n) is 15.8. The molecule has 6 aromatic heterocycles. The van der Waals surface area contributed by atoms with Crippen molar-refractivity contribution in [1.29, 1.82) is 0 Å². The molecule has 18 nitrogen and oxygen atoms in total. The molecule has 0 bridgehead atoms. The highest BCUT2D eigenvalue weighted by Crippen LogP contribution is 2.36. The molecule has 1 aromatic carbocycles. The maximum atomic E-state index is 13.5. The minimum Gasteiger partial charge on any atom is -0.367 e. The van der Waals surface area contributed by atoms with Crippen molar-refractivity contribution in [2.75, 3.05) is 21.3 Å². The smallest absolute Gasteiger partial charge is 0.269 e. The van der Waals surface area contributed by atoms with Crippen LogP contribution in [0.3, 0.4) is 0 Å². The Bertz CT molecular complexity index is 2640. The van der Waals surface area contributed by atoms with Gasteiger partial charge < -0.3 is 26.3 Å². The first kappa shape index (κ1) is 44.2. The van der Waals surface area contributed by atoms with Crippen molar-refractivity contribution in [2.24, 2.45) is 11.8 Å². The number of aromatic amines is 1. The van der Waals surface area contributed by atoms with Gasteiger partial charge in [0.2, 0.25) is 11.9 Å². The van der Waals surface area contributed by atoms with Crippen LogP contribution in [0.1, 0.15) is 84.9 Å². The molecule has 0 unspecified atom stereocenters. The highest BCUT2D eigenvalue weighted by molar-refractivity contribution is 7.90. The van der Waals surface area contributed by atoms with Crippen LogP contribution in [-0.4, -0.2) is 79.4 Å². The number of aryl methyl sites for hydroxylation is 1. The number of H-pyrrole nitrogens is 1. The number of anilines is 6. The number of rotatable bonds is 14. The number of fused-ring (bicyclic) bond motifs is 2. The first-order valence-electron chi connectivity index (χ1n) is 19.8. The first-order valence-corrected chi connectivity index (χ1v) is 21.2. The van der Waals surface area contributed by atoms with E-state index >= 15 is 0 Å². The van der Waals surface area contributed by atoms with E-state index in [1.807, 2.05) is 46.9 Å². The normalized spacial score (nSPS) is 14.9. The Labute approximate surface area is 363 Å². The fourth-order valence-corrected chi connectivity index (χ4v) is 7.83. The molecule has 0 amide bonds. The van der Waals surface area contributed by atoms with Gasteiger partial charge in [-0.05, 0) is 110 Å². The zero-order valence-electron chi connectivity index (χ0n) is 34.7. The molecule has 7 aromatic rings. The Morgan fingerprint density at radius 1 is 0.683 bits per heavy atom. The molecule has 2 aliphatic rings. The van der Waals surface area contributed by atoms with Crippen LogP contribution in [-0.2, 0) is 10.0 Å². The number of nitrogens with one attached hydrogen (secondary N) is 5. The van der Waals surface area contributed by atoms with Crippen molar-refractivity contribution >= 4 is 94.2 Å². The summed E-state index contributed by atoms with van der Waals surface area (Å²) in [4.78, 5) is 25.0. The van der Waals surface area contributed by atoms with Crippen molar-refractivity contribution in [2.45, 2.75) is 103 Å². The molecule has 6 heterocycles. The van der Waals surface area contributed by atoms with Gasteiger partial charge >= 0.3 is 0 Å². The molecule has 60 heavy (non-hydrogen) atoms. The van der Waals surface area contributed by atoms with Gasteiger partial charge in [0, 0.05) is 24.5 Å². The summed E-state index contributed by atoms with van der Waals surface area (Å²) in [5.74, 6) is 4.63.